The Morgan fingerprint density at radius 3 is 2.28 bits per heavy atom. The average Bonchev–Trinajstić information content (AvgIpc) is 2.34. The molecule has 0 saturated carbocycles. The highest BCUT2D eigenvalue weighted by atomic mass is 35.5. The van der Waals surface area contributed by atoms with Crippen LogP contribution in [0.4, 0.5) is 0 Å². The Morgan fingerprint density at radius 2 is 1.78 bits per heavy atom. The standard InChI is InChI=1S/C13H17ClN2O2/c1-15-6-8-16(9-7-15)12(13(17)18)10-2-4-11(14)5-3-10/h2-5,12H,6-9H2,1H3,(H,17,18). The maximum Gasteiger partial charge on any atom is 0.325 e. The summed E-state index contributed by atoms with van der Waals surface area (Å²) in [7, 11) is 2.05. The molecule has 1 aliphatic rings. The lowest BCUT2D eigenvalue weighted by molar-refractivity contribution is -0.144. The first-order valence-corrected chi connectivity index (χ1v) is 6.36. The summed E-state index contributed by atoms with van der Waals surface area (Å²) >= 11 is 5.83. The number of piperazine rings is 1. The van der Waals surface area contributed by atoms with Crippen molar-refractivity contribution in [3.8, 4) is 0 Å². The molecule has 0 spiro atoms. The van der Waals surface area contributed by atoms with E-state index < -0.39 is 12.0 Å². The van der Waals surface area contributed by atoms with Gasteiger partial charge in [0.15, 0.2) is 0 Å². The molecule has 1 unspecified atom stereocenters. The van der Waals surface area contributed by atoms with Crippen LogP contribution in [0.3, 0.4) is 0 Å². The third-order valence-corrected chi connectivity index (χ3v) is 3.57. The summed E-state index contributed by atoms with van der Waals surface area (Å²) in [6.07, 6.45) is 0. The maximum absolute atomic E-state index is 11.5. The third-order valence-electron chi connectivity index (χ3n) is 3.32. The molecule has 0 aromatic heterocycles. The Bertz CT molecular complexity index is 414. The van der Waals surface area contributed by atoms with E-state index in [0.29, 0.717) is 5.02 Å². The topological polar surface area (TPSA) is 43.8 Å². The van der Waals surface area contributed by atoms with E-state index >= 15 is 0 Å². The van der Waals surface area contributed by atoms with Gasteiger partial charge in [-0.3, -0.25) is 9.69 Å². The number of benzene rings is 1. The highest BCUT2D eigenvalue weighted by Gasteiger charge is 2.29. The molecule has 0 radical (unpaired) electrons. The average molecular weight is 269 g/mol. The van der Waals surface area contributed by atoms with Crippen LogP contribution in [-0.4, -0.2) is 54.1 Å². The molecule has 4 nitrogen and oxygen atoms in total. The molecule has 2 rings (SSSR count). The molecule has 98 valence electrons. The van der Waals surface area contributed by atoms with Crippen molar-refractivity contribution in [2.75, 3.05) is 33.2 Å². The van der Waals surface area contributed by atoms with Gasteiger partial charge in [0.05, 0.1) is 0 Å². The normalized spacial score (nSPS) is 19.7. The van der Waals surface area contributed by atoms with E-state index in [1.54, 1.807) is 24.3 Å². The predicted octanol–water partition coefficient (Wildman–Crippen LogP) is 1.71. The number of rotatable bonds is 3. The van der Waals surface area contributed by atoms with Gasteiger partial charge in [-0.25, -0.2) is 0 Å². The van der Waals surface area contributed by atoms with Crippen molar-refractivity contribution in [1.82, 2.24) is 9.80 Å². The molecule has 5 heteroatoms. The van der Waals surface area contributed by atoms with Crippen LogP contribution < -0.4 is 0 Å². The minimum Gasteiger partial charge on any atom is -0.480 e. The lowest BCUT2D eigenvalue weighted by Gasteiger charge is -2.36. The van der Waals surface area contributed by atoms with Gasteiger partial charge in [0.1, 0.15) is 6.04 Å². The summed E-state index contributed by atoms with van der Waals surface area (Å²) in [6, 6.07) is 6.49. The molecule has 1 heterocycles. The fraction of sp³-hybridized carbons (Fsp3) is 0.462. The van der Waals surface area contributed by atoms with Crippen molar-refractivity contribution in [1.29, 1.82) is 0 Å². The summed E-state index contributed by atoms with van der Waals surface area (Å²) in [5.41, 5.74) is 0.788. The molecule has 0 aliphatic carbocycles. The van der Waals surface area contributed by atoms with Crippen LogP contribution in [0, 0.1) is 0 Å². The van der Waals surface area contributed by atoms with Gasteiger partial charge in [-0.1, -0.05) is 23.7 Å². The van der Waals surface area contributed by atoms with Gasteiger partial charge in [-0.05, 0) is 24.7 Å². The molecule has 0 amide bonds. The fourth-order valence-corrected chi connectivity index (χ4v) is 2.36. The first kappa shape index (κ1) is 13.3. The molecule has 1 saturated heterocycles. The van der Waals surface area contributed by atoms with E-state index in [4.69, 9.17) is 11.6 Å². The summed E-state index contributed by atoms with van der Waals surface area (Å²) in [4.78, 5) is 15.7. The van der Waals surface area contributed by atoms with Gasteiger partial charge in [-0.2, -0.15) is 0 Å². The number of likely N-dealkylation sites (N-methyl/N-ethyl adjacent to an activating group) is 1. The molecule has 1 aromatic carbocycles. The van der Waals surface area contributed by atoms with Crippen LogP contribution in [0.25, 0.3) is 0 Å². The van der Waals surface area contributed by atoms with Gasteiger partial charge in [0.25, 0.3) is 0 Å². The second-order valence-corrected chi connectivity index (χ2v) is 5.07. The smallest absolute Gasteiger partial charge is 0.325 e. The summed E-state index contributed by atoms with van der Waals surface area (Å²) in [6.45, 7) is 3.35. The van der Waals surface area contributed by atoms with E-state index in [1.807, 2.05) is 4.90 Å². The molecule has 1 aromatic rings. The van der Waals surface area contributed by atoms with Crippen LogP contribution >= 0.6 is 11.6 Å². The number of hydrogen-bond acceptors (Lipinski definition) is 3. The third kappa shape index (κ3) is 3.02. The Labute approximate surface area is 112 Å². The van der Waals surface area contributed by atoms with Crippen molar-refractivity contribution in [3.05, 3.63) is 34.9 Å². The van der Waals surface area contributed by atoms with Crippen LogP contribution in [0.5, 0.6) is 0 Å². The molecule has 1 atom stereocenters. The zero-order valence-electron chi connectivity index (χ0n) is 10.3. The Balaban J connectivity index is 2.18. The zero-order chi connectivity index (χ0) is 13.1. The highest BCUT2D eigenvalue weighted by Crippen LogP contribution is 2.23. The van der Waals surface area contributed by atoms with Crippen LogP contribution in [0.15, 0.2) is 24.3 Å². The van der Waals surface area contributed by atoms with Crippen molar-refractivity contribution in [2.45, 2.75) is 6.04 Å². The second-order valence-electron chi connectivity index (χ2n) is 4.63. The fourth-order valence-electron chi connectivity index (χ4n) is 2.23. The summed E-state index contributed by atoms with van der Waals surface area (Å²) in [5.74, 6) is -0.804. The van der Waals surface area contributed by atoms with Gasteiger partial charge in [0, 0.05) is 31.2 Å². The first-order chi connectivity index (χ1) is 8.58. The second kappa shape index (κ2) is 5.69. The number of aliphatic carboxylic acids is 1. The van der Waals surface area contributed by atoms with Crippen LogP contribution in [0.2, 0.25) is 5.02 Å². The van der Waals surface area contributed by atoms with Gasteiger partial charge >= 0.3 is 5.97 Å². The number of halogens is 1. The maximum atomic E-state index is 11.5. The van der Waals surface area contributed by atoms with Gasteiger partial charge in [-0.15, -0.1) is 0 Å². The largest absolute Gasteiger partial charge is 0.480 e. The van der Waals surface area contributed by atoms with Crippen molar-refractivity contribution in [2.24, 2.45) is 0 Å². The lowest BCUT2D eigenvalue weighted by atomic mass is 10.0. The monoisotopic (exact) mass is 268 g/mol. The van der Waals surface area contributed by atoms with Crippen LogP contribution in [-0.2, 0) is 4.79 Å². The van der Waals surface area contributed by atoms with Crippen molar-refractivity contribution >= 4 is 17.6 Å². The lowest BCUT2D eigenvalue weighted by Crippen LogP contribution is -2.47. The Kier molecular flexibility index (Phi) is 4.22. The Hall–Kier alpha value is -1.10. The van der Waals surface area contributed by atoms with E-state index in [1.165, 1.54) is 0 Å². The number of nitrogens with zero attached hydrogens (tertiary/aromatic N) is 2. The minimum absolute atomic E-state index is 0.573. The summed E-state index contributed by atoms with van der Waals surface area (Å²) < 4.78 is 0. The number of carboxylic acid groups (broad SMARTS) is 1. The first-order valence-electron chi connectivity index (χ1n) is 5.99. The molecule has 1 fully saturated rings. The highest BCUT2D eigenvalue weighted by molar-refractivity contribution is 6.30. The number of carbonyl (C=O) groups is 1. The SMILES string of the molecule is CN1CCN(C(C(=O)O)c2ccc(Cl)cc2)CC1. The Morgan fingerprint density at radius 1 is 1.22 bits per heavy atom. The van der Waals surface area contributed by atoms with Crippen LogP contribution in [0.1, 0.15) is 11.6 Å². The zero-order valence-corrected chi connectivity index (χ0v) is 11.1. The minimum atomic E-state index is -0.804. The molecule has 0 bridgehead atoms. The van der Waals surface area contributed by atoms with E-state index in [0.717, 1.165) is 31.7 Å². The van der Waals surface area contributed by atoms with Crippen molar-refractivity contribution in [3.63, 3.8) is 0 Å². The number of carboxylic acids is 1. The molecule has 1 aliphatic heterocycles. The molecular formula is C13H17ClN2O2. The van der Waals surface area contributed by atoms with E-state index in [2.05, 4.69) is 11.9 Å². The van der Waals surface area contributed by atoms with E-state index in [-0.39, 0.29) is 0 Å². The molecular weight excluding hydrogens is 252 g/mol. The predicted molar refractivity (Wildman–Crippen MR) is 70.9 cm³/mol. The molecule has 18 heavy (non-hydrogen) atoms. The molecule has 1 N–H and O–H groups in total. The quantitative estimate of drug-likeness (QED) is 0.907. The van der Waals surface area contributed by atoms with E-state index in [9.17, 15) is 9.90 Å². The van der Waals surface area contributed by atoms with Gasteiger partial charge in [0.2, 0.25) is 0 Å². The summed E-state index contributed by atoms with van der Waals surface area (Å²) in [5, 5.41) is 10.1. The van der Waals surface area contributed by atoms with Gasteiger partial charge < -0.3 is 10.0 Å². The number of hydrogen-bond donors (Lipinski definition) is 1. The van der Waals surface area contributed by atoms with Crippen molar-refractivity contribution < 1.29 is 9.90 Å².